The number of nitrogens with zero attached hydrogens (tertiary/aromatic N) is 3. The fourth-order valence-electron chi connectivity index (χ4n) is 2.23. The van der Waals surface area contributed by atoms with Crippen molar-refractivity contribution in [1.82, 2.24) is 20.2 Å². The van der Waals surface area contributed by atoms with Gasteiger partial charge in [0.1, 0.15) is 5.69 Å². The van der Waals surface area contributed by atoms with Crippen molar-refractivity contribution in [2.75, 3.05) is 37.8 Å². The van der Waals surface area contributed by atoms with Gasteiger partial charge < -0.3 is 20.9 Å². The Balaban J connectivity index is 2.11. The lowest BCUT2D eigenvalue weighted by molar-refractivity contribution is -0.114. The molecule has 2 rings (SSSR count). The van der Waals surface area contributed by atoms with Crippen LogP contribution in [0.4, 0.5) is 17.3 Å². The normalized spacial score (nSPS) is 10.5. The molecule has 26 heavy (non-hydrogen) atoms. The van der Waals surface area contributed by atoms with E-state index in [1.165, 1.54) is 6.92 Å². The molecule has 0 fully saturated rings. The molecule has 8 heteroatoms. The number of anilines is 3. The van der Waals surface area contributed by atoms with Gasteiger partial charge in [0.05, 0.1) is 0 Å². The van der Waals surface area contributed by atoms with Crippen molar-refractivity contribution >= 4 is 29.1 Å². The lowest BCUT2D eigenvalue weighted by atomic mass is 10.2. The van der Waals surface area contributed by atoms with Crippen LogP contribution in [0, 0.1) is 6.92 Å². The van der Waals surface area contributed by atoms with E-state index in [9.17, 15) is 9.59 Å². The Morgan fingerprint density at radius 1 is 1.12 bits per heavy atom. The minimum absolute atomic E-state index is 0.148. The molecular weight excluding hydrogens is 332 g/mol. The first kappa shape index (κ1) is 19.3. The van der Waals surface area contributed by atoms with Gasteiger partial charge >= 0.3 is 0 Å². The van der Waals surface area contributed by atoms with Gasteiger partial charge in [0.2, 0.25) is 11.9 Å². The third-order valence-electron chi connectivity index (χ3n) is 3.37. The number of nitrogens with one attached hydrogen (secondary N) is 3. The van der Waals surface area contributed by atoms with Crippen LogP contribution in [0.1, 0.15) is 23.1 Å². The first-order valence-electron chi connectivity index (χ1n) is 8.27. The lowest BCUT2D eigenvalue weighted by Crippen LogP contribution is -2.32. The molecule has 8 nitrogen and oxygen atoms in total. The van der Waals surface area contributed by atoms with Crippen molar-refractivity contribution in [3.63, 3.8) is 0 Å². The van der Waals surface area contributed by atoms with E-state index in [2.05, 4.69) is 25.9 Å². The first-order chi connectivity index (χ1) is 12.3. The number of carbonyl (C=O) groups is 2. The molecule has 0 atom stereocenters. The molecule has 1 aromatic carbocycles. The van der Waals surface area contributed by atoms with Crippen LogP contribution in [0.25, 0.3) is 0 Å². The highest BCUT2D eigenvalue weighted by molar-refractivity contribution is 5.92. The van der Waals surface area contributed by atoms with E-state index >= 15 is 0 Å². The molecule has 0 spiro atoms. The smallest absolute Gasteiger partial charge is 0.270 e. The molecule has 3 N–H and O–H groups in total. The summed E-state index contributed by atoms with van der Waals surface area (Å²) >= 11 is 0. The summed E-state index contributed by atoms with van der Waals surface area (Å²) in [5.41, 5.74) is 2.35. The maximum atomic E-state index is 12.3. The summed E-state index contributed by atoms with van der Waals surface area (Å²) in [7, 11) is 3.89. The summed E-state index contributed by atoms with van der Waals surface area (Å²) in [5, 5.41) is 8.62. The van der Waals surface area contributed by atoms with Crippen molar-refractivity contribution in [3.8, 4) is 0 Å². The Bertz CT molecular complexity index is 791. The third-order valence-corrected chi connectivity index (χ3v) is 3.37. The maximum Gasteiger partial charge on any atom is 0.270 e. The molecule has 0 aliphatic carbocycles. The van der Waals surface area contributed by atoms with E-state index in [0.717, 1.165) is 6.54 Å². The third kappa shape index (κ3) is 6.14. The zero-order valence-electron chi connectivity index (χ0n) is 15.5. The maximum absolute atomic E-state index is 12.3. The van der Waals surface area contributed by atoms with Crippen molar-refractivity contribution in [3.05, 3.63) is 41.7 Å². The molecule has 0 aliphatic heterocycles. The highest BCUT2D eigenvalue weighted by Gasteiger charge is 2.11. The summed E-state index contributed by atoms with van der Waals surface area (Å²) in [4.78, 5) is 34.0. The molecule has 0 radical (unpaired) electrons. The molecule has 1 aromatic heterocycles. The molecule has 0 saturated carbocycles. The van der Waals surface area contributed by atoms with Gasteiger partial charge in [-0.3, -0.25) is 9.59 Å². The van der Waals surface area contributed by atoms with Crippen molar-refractivity contribution in [1.29, 1.82) is 0 Å². The van der Waals surface area contributed by atoms with Gasteiger partial charge in [-0.15, -0.1) is 0 Å². The first-order valence-corrected chi connectivity index (χ1v) is 8.27. The second kappa shape index (κ2) is 8.91. The van der Waals surface area contributed by atoms with Crippen LogP contribution in [0.5, 0.6) is 0 Å². The lowest BCUT2D eigenvalue weighted by Gasteiger charge is -2.12. The van der Waals surface area contributed by atoms with Crippen LogP contribution >= 0.6 is 0 Å². The Morgan fingerprint density at radius 3 is 2.54 bits per heavy atom. The van der Waals surface area contributed by atoms with E-state index in [-0.39, 0.29) is 11.8 Å². The number of rotatable bonds is 7. The van der Waals surface area contributed by atoms with Crippen LogP contribution in [0.2, 0.25) is 0 Å². The van der Waals surface area contributed by atoms with Gasteiger partial charge in [-0.2, -0.15) is 0 Å². The summed E-state index contributed by atoms with van der Waals surface area (Å²) in [6.07, 6.45) is 0. The van der Waals surface area contributed by atoms with E-state index in [1.807, 2.05) is 25.1 Å². The second-order valence-corrected chi connectivity index (χ2v) is 6.16. The summed E-state index contributed by atoms with van der Waals surface area (Å²) in [6, 6.07) is 8.83. The number of carbonyl (C=O) groups excluding carboxylic acids is 2. The summed E-state index contributed by atoms with van der Waals surface area (Å²) in [6.45, 7) is 4.54. The number of aromatic nitrogens is 2. The van der Waals surface area contributed by atoms with Crippen LogP contribution in [0.3, 0.4) is 0 Å². The Morgan fingerprint density at radius 2 is 1.85 bits per heavy atom. The average molecular weight is 356 g/mol. The molecule has 0 unspecified atom stereocenters. The number of benzene rings is 1. The van der Waals surface area contributed by atoms with Gasteiger partial charge in [-0.1, -0.05) is 6.07 Å². The fraction of sp³-hybridized carbons (Fsp3) is 0.333. The standard InChI is InChI=1S/C18H24N6O2/c1-12-10-16(17(26)19-8-9-24(3)4)23-18(20-12)22-15-7-5-6-14(11-15)21-13(2)25/h5-7,10-11H,8-9H2,1-4H3,(H,19,26)(H,21,25)(H,20,22,23). The monoisotopic (exact) mass is 356 g/mol. The van der Waals surface area contributed by atoms with Crippen molar-refractivity contribution < 1.29 is 9.59 Å². The number of hydrogen-bond acceptors (Lipinski definition) is 6. The van der Waals surface area contributed by atoms with Gasteiger partial charge in [0.25, 0.3) is 5.91 Å². The van der Waals surface area contributed by atoms with Crippen LogP contribution in [-0.2, 0) is 4.79 Å². The second-order valence-electron chi connectivity index (χ2n) is 6.16. The number of likely N-dealkylation sites (N-methyl/N-ethyl adjacent to an activating group) is 1. The van der Waals surface area contributed by atoms with Gasteiger partial charge in [-0.25, -0.2) is 9.97 Å². The predicted octanol–water partition coefficient (Wildman–Crippen LogP) is 1.78. The van der Waals surface area contributed by atoms with E-state index in [4.69, 9.17) is 0 Å². The zero-order chi connectivity index (χ0) is 19.1. The van der Waals surface area contributed by atoms with Crippen LogP contribution < -0.4 is 16.0 Å². The minimum atomic E-state index is -0.243. The van der Waals surface area contributed by atoms with E-state index in [1.54, 1.807) is 31.2 Å². The quantitative estimate of drug-likeness (QED) is 0.699. The van der Waals surface area contributed by atoms with Gasteiger partial charge in [-0.05, 0) is 45.3 Å². The fourth-order valence-corrected chi connectivity index (χ4v) is 2.23. The van der Waals surface area contributed by atoms with Crippen LogP contribution in [0.15, 0.2) is 30.3 Å². The average Bonchev–Trinajstić information content (AvgIpc) is 2.53. The zero-order valence-corrected chi connectivity index (χ0v) is 15.5. The number of aryl methyl sites for hydroxylation is 1. The van der Waals surface area contributed by atoms with Gasteiger partial charge in [0, 0.05) is 37.1 Å². The van der Waals surface area contributed by atoms with E-state index in [0.29, 0.717) is 35.3 Å². The molecule has 0 aliphatic rings. The molecule has 1 heterocycles. The summed E-state index contributed by atoms with van der Waals surface area (Å²) in [5.74, 6) is -0.0687. The van der Waals surface area contributed by atoms with Crippen molar-refractivity contribution in [2.45, 2.75) is 13.8 Å². The Kier molecular flexibility index (Phi) is 6.62. The molecule has 2 amide bonds. The van der Waals surface area contributed by atoms with Crippen LogP contribution in [-0.4, -0.2) is 53.9 Å². The topological polar surface area (TPSA) is 99.2 Å². The Hall–Kier alpha value is -3.00. The largest absolute Gasteiger partial charge is 0.349 e. The molecule has 0 bridgehead atoms. The minimum Gasteiger partial charge on any atom is -0.349 e. The predicted molar refractivity (Wildman–Crippen MR) is 102 cm³/mol. The molecule has 2 aromatic rings. The summed E-state index contributed by atoms with van der Waals surface area (Å²) < 4.78 is 0. The molecule has 0 saturated heterocycles. The van der Waals surface area contributed by atoms with Gasteiger partial charge in [0.15, 0.2) is 0 Å². The molecular formula is C18H24N6O2. The van der Waals surface area contributed by atoms with E-state index < -0.39 is 0 Å². The highest BCUT2D eigenvalue weighted by atomic mass is 16.2. The van der Waals surface area contributed by atoms with Crippen molar-refractivity contribution in [2.24, 2.45) is 0 Å². The highest BCUT2D eigenvalue weighted by Crippen LogP contribution is 2.18. The molecule has 138 valence electrons. The number of amides is 2. The SMILES string of the molecule is CC(=O)Nc1cccc(Nc2nc(C)cc(C(=O)NCCN(C)C)n2)c1. The Labute approximate surface area is 153 Å². The number of hydrogen-bond donors (Lipinski definition) is 3.